The second-order valence-corrected chi connectivity index (χ2v) is 5.37. The third-order valence-electron chi connectivity index (χ3n) is 3.44. The summed E-state index contributed by atoms with van der Waals surface area (Å²) in [7, 11) is 0. The number of benzene rings is 1. The number of anilines is 1. The molecule has 0 aliphatic heterocycles. The van der Waals surface area contributed by atoms with Crippen LogP contribution in [0.2, 0.25) is 0 Å². The lowest BCUT2D eigenvalue weighted by molar-refractivity contribution is -0.117. The predicted octanol–water partition coefficient (Wildman–Crippen LogP) is 2.25. The number of carbonyl (C=O) groups excluding carboxylic acids is 1. The van der Waals surface area contributed by atoms with Crippen LogP contribution in [0.15, 0.2) is 65.7 Å². The van der Waals surface area contributed by atoms with Crippen LogP contribution in [0.4, 0.5) is 5.69 Å². The Kier molecular flexibility index (Phi) is 4.47. The highest BCUT2D eigenvalue weighted by Crippen LogP contribution is 2.13. The maximum absolute atomic E-state index is 12.2. The molecule has 2 aromatic heterocycles. The van der Waals surface area contributed by atoms with Crippen molar-refractivity contribution in [3.8, 4) is 11.3 Å². The van der Waals surface area contributed by atoms with Gasteiger partial charge in [0.05, 0.1) is 5.69 Å². The van der Waals surface area contributed by atoms with E-state index in [4.69, 9.17) is 0 Å². The Morgan fingerprint density at radius 2 is 1.92 bits per heavy atom. The molecular weight excluding hydrogens is 304 g/mol. The van der Waals surface area contributed by atoms with E-state index in [0.717, 1.165) is 15.8 Å². The highest BCUT2D eigenvalue weighted by molar-refractivity contribution is 5.90. The molecule has 0 saturated carbocycles. The number of hydrogen-bond donors (Lipinski definition) is 1. The van der Waals surface area contributed by atoms with Gasteiger partial charge in [0.15, 0.2) is 0 Å². The molecule has 6 nitrogen and oxygen atoms in total. The molecule has 3 rings (SSSR count). The van der Waals surface area contributed by atoms with Crippen LogP contribution in [-0.4, -0.2) is 20.7 Å². The highest BCUT2D eigenvalue weighted by Gasteiger charge is 2.08. The summed E-state index contributed by atoms with van der Waals surface area (Å²) in [6, 6.07) is 14.1. The zero-order valence-electron chi connectivity index (χ0n) is 13.1. The molecule has 120 valence electrons. The predicted molar refractivity (Wildman–Crippen MR) is 91.5 cm³/mol. The van der Waals surface area contributed by atoms with Gasteiger partial charge in [-0.1, -0.05) is 12.1 Å². The van der Waals surface area contributed by atoms with Gasteiger partial charge in [-0.3, -0.25) is 14.6 Å². The third-order valence-corrected chi connectivity index (χ3v) is 3.44. The zero-order valence-corrected chi connectivity index (χ0v) is 13.1. The van der Waals surface area contributed by atoms with Crippen LogP contribution in [0.25, 0.3) is 11.3 Å². The third kappa shape index (κ3) is 3.73. The van der Waals surface area contributed by atoms with E-state index in [9.17, 15) is 9.59 Å². The number of carbonyl (C=O) groups is 1. The van der Waals surface area contributed by atoms with Crippen LogP contribution < -0.4 is 10.9 Å². The molecule has 0 bridgehead atoms. The maximum atomic E-state index is 12.2. The molecule has 1 amide bonds. The van der Waals surface area contributed by atoms with E-state index in [1.54, 1.807) is 36.7 Å². The number of aryl methyl sites for hydroxylation is 1. The van der Waals surface area contributed by atoms with Gasteiger partial charge in [0, 0.05) is 29.7 Å². The lowest BCUT2D eigenvalue weighted by Gasteiger charge is -2.08. The molecule has 0 spiro atoms. The van der Waals surface area contributed by atoms with Gasteiger partial charge in [0.25, 0.3) is 5.56 Å². The first-order chi connectivity index (χ1) is 11.6. The maximum Gasteiger partial charge on any atom is 0.267 e. The van der Waals surface area contributed by atoms with Gasteiger partial charge >= 0.3 is 0 Å². The van der Waals surface area contributed by atoms with Crippen molar-refractivity contribution in [2.24, 2.45) is 0 Å². The Morgan fingerprint density at radius 3 is 2.67 bits per heavy atom. The van der Waals surface area contributed by atoms with Crippen molar-refractivity contribution in [2.75, 3.05) is 5.32 Å². The summed E-state index contributed by atoms with van der Waals surface area (Å²) < 4.78 is 1.15. The van der Waals surface area contributed by atoms with E-state index in [0.29, 0.717) is 11.4 Å². The van der Waals surface area contributed by atoms with Crippen molar-refractivity contribution in [1.82, 2.24) is 14.8 Å². The van der Waals surface area contributed by atoms with Crippen LogP contribution in [0.5, 0.6) is 0 Å². The normalized spacial score (nSPS) is 10.4. The first-order valence-corrected chi connectivity index (χ1v) is 7.47. The Bertz CT molecular complexity index is 920. The minimum atomic E-state index is -0.327. The minimum absolute atomic E-state index is 0.147. The molecule has 1 aromatic carbocycles. The van der Waals surface area contributed by atoms with E-state index in [1.807, 2.05) is 25.1 Å². The molecule has 3 aromatic rings. The van der Waals surface area contributed by atoms with Gasteiger partial charge in [0.2, 0.25) is 5.91 Å². The van der Waals surface area contributed by atoms with E-state index in [1.165, 1.54) is 6.07 Å². The van der Waals surface area contributed by atoms with Crippen LogP contribution in [0, 0.1) is 6.92 Å². The van der Waals surface area contributed by atoms with Crippen LogP contribution in [-0.2, 0) is 11.3 Å². The largest absolute Gasteiger partial charge is 0.324 e. The van der Waals surface area contributed by atoms with E-state index < -0.39 is 0 Å². The number of amides is 1. The fourth-order valence-electron chi connectivity index (χ4n) is 2.30. The number of rotatable bonds is 4. The summed E-state index contributed by atoms with van der Waals surface area (Å²) in [5.74, 6) is -0.304. The average Bonchev–Trinajstić information content (AvgIpc) is 2.57. The van der Waals surface area contributed by atoms with Gasteiger partial charge in [-0.15, -0.1) is 0 Å². The molecule has 0 fully saturated rings. The summed E-state index contributed by atoms with van der Waals surface area (Å²) >= 11 is 0. The monoisotopic (exact) mass is 320 g/mol. The van der Waals surface area contributed by atoms with Crippen LogP contribution in [0.3, 0.4) is 0 Å². The van der Waals surface area contributed by atoms with Crippen molar-refractivity contribution >= 4 is 11.6 Å². The lowest BCUT2D eigenvalue weighted by atomic mass is 10.2. The SMILES string of the molecule is Cc1cccc(NC(=O)Cn2nc(-c3ccncc3)ccc2=O)c1. The number of nitrogens with one attached hydrogen (secondary N) is 1. The summed E-state index contributed by atoms with van der Waals surface area (Å²) in [5, 5.41) is 7.03. The van der Waals surface area contributed by atoms with Crippen molar-refractivity contribution in [2.45, 2.75) is 13.5 Å². The van der Waals surface area contributed by atoms with Gasteiger partial charge in [0.1, 0.15) is 6.54 Å². The highest BCUT2D eigenvalue weighted by atomic mass is 16.2. The van der Waals surface area contributed by atoms with Gasteiger partial charge < -0.3 is 5.32 Å². The van der Waals surface area contributed by atoms with E-state index >= 15 is 0 Å². The average molecular weight is 320 g/mol. The van der Waals surface area contributed by atoms with Crippen molar-refractivity contribution in [3.05, 3.63) is 76.8 Å². The minimum Gasteiger partial charge on any atom is -0.324 e. The fraction of sp³-hybridized carbons (Fsp3) is 0.111. The molecule has 6 heteroatoms. The Morgan fingerprint density at radius 1 is 1.12 bits per heavy atom. The molecule has 0 radical (unpaired) electrons. The Hall–Kier alpha value is -3.28. The zero-order chi connectivity index (χ0) is 16.9. The second-order valence-electron chi connectivity index (χ2n) is 5.37. The van der Waals surface area contributed by atoms with Crippen molar-refractivity contribution < 1.29 is 4.79 Å². The topological polar surface area (TPSA) is 76.9 Å². The first kappa shape index (κ1) is 15.6. The van der Waals surface area contributed by atoms with Gasteiger partial charge in [-0.05, 0) is 42.8 Å². The van der Waals surface area contributed by atoms with Crippen LogP contribution >= 0.6 is 0 Å². The molecular formula is C18H16N4O2. The smallest absolute Gasteiger partial charge is 0.267 e. The summed E-state index contributed by atoms with van der Waals surface area (Å²) in [6.07, 6.45) is 3.30. The van der Waals surface area contributed by atoms with Gasteiger partial charge in [-0.2, -0.15) is 5.10 Å². The number of aromatic nitrogens is 3. The number of hydrogen-bond acceptors (Lipinski definition) is 4. The quantitative estimate of drug-likeness (QED) is 0.800. The summed E-state index contributed by atoms with van der Waals surface area (Å²) in [4.78, 5) is 28.1. The molecule has 0 aliphatic carbocycles. The molecule has 1 N–H and O–H groups in total. The Labute approximate surface area is 138 Å². The van der Waals surface area contributed by atoms with Crippen molar-refractivity contribution in [3.63, 3.8) is 0 Å². The standard InChI is InChI=1S/C18H16N4O2/c1-13-3-2-4-15(11-13)20-17(23)12-22-18(24)6-5-16(21-22)14-7-9-19-10-8-14/h2-11H,12H2,1H3,(H,20,23). The van der Waals surface area contributed by atoms with Gasteiger partial charge in [-0.25, -0.2) is 4.68 Å². The molecule has 0 saturated heterocycles. The summed E-state index contributed by atoms with van der Waals surface area (Å²) in [6.45, 7) is 1.80. The molecule has 0 atom stereocenters. The molecule has 0 aliphatic rings. The first-order valence-electron chi connectivity index (χ1n) is 7.47. The summed E-state index contributed by atoms with van der Waals surface area (Å²) in [5.41, 5.74) is 2.85. The second kappa shape index (κ2) is 6.87. The molecule has 24 heavy (non-hydrogen) atoms. The number of pyridine rings is 1. The van der Waals surface area contributed by atoms with Crippen LogP contribution in [0.1, 0.15) is 5.56 Å². The van der Waals surface area contributed by atoms with E-state index in [-0.39, 0.29) is 18.0 Å². The fourth-order valence-corrected chi connectivity index (χ4v) is 2.30. The number of nitrogens with zero attached hydrogens (tertiary/aromatic N) is 3. The molecule has 0 unspecified atom stereocenters. The van der Waals surface area contributed by atoms with E-state index in [2.05, 4.69) is 15.4 Å². The van der Waals surface area contributed by atoms with Crippen molar-refractivity contribution in [1.29, 1.82) is 0 Å². The molecule has 2 heterocycles. The Balaban J connectivity index is 1.79. The lowest BCUT2D eigenvalue weighted by Crippen LogP contribution is -2.29.